The second kappa shape index (κ2) is 10.6. The molecule has 8 nitrogen and oxygen atoms in total. The van der Waals surface area contributed by atoms with E-state index >= 15 is 0 Å². The van der Waals surface area contributed by atoms with Crippen LogP contribution in [0, 0.1) is 6.92 Å². The van der Waals surface area contributed by atoms with E-state index in [1.807, 2.05) is 31.2 Å². The Kier molecular flexibility index (Phi) is 7.11. The number of methoxy groups -OCH3 is 1. The van der Waals surface area contributed by atoms with E-state index in [0.717, 1.165) is 16.6 Å². The fraction of sp³-hybridized carbons (Fsp3) is 0.148. The van der Waals surface area contributed by atoms with Gasteiger partial charge in [0.2, 0.25) is 5.78 Å². The maximum absolute atomic E-state index is 12.7. The first-order valence-corrected chi connectivity index (χ1v) is 10.9. The summed E-state index contributed by atoms with van der Waals surface area (Å²) in [5.74, 6) is -0.210. The van der Waals surface area contributed by atoms with E-state index in [2.05, 4.69) is 10.3 Å². The summed E-state index contributed by atoms with van der Waals surface area (Å²) in [7, 11) is 1.55. The van der Waals surface area contributed by atoms with Gasteiger partial charge in [-0.05, 0) is 49.4 Å². The molecule has 0 atom stereocenters. The van der Waals surface area contributed by atoms with Gasteiger partial charge in [0.1, 0.15) is 11.5 Å². The van der Waals surface area contributed by atoms with Crippen LogP contribution in [0.2, 0.25) is 0 Å². The maximum atomic E-state index is 12.7. The van der Waals surface area contributed by atoms with E-state index in [1.165, 1.54) is 12.1 Å². The average molecular weight is 472 g/mol. The van der Waals surface area contributed by atoms with Crippen LogP contribution >= 0.6 is 0 Å². The van der Waals surface area contributed by atoms with E-state index in [0.29, 0.717) is 22.7 Å². The van der Waals surface area contributed by atoms with Crippen LogP contribution in [0.4, 0.5) is 5.69 Å². The minimum atomic E-state index is -0.627. The van der Waals surface area contributed by atoms with Crippen molar-refractivity contribution in [3.05, 3.63) is 89.6 Å². The number of hydrogen-bond donors (Lipinski definition) is 2. The highest BCUT2D eigenvalue weighted by Crippen LogP contribution is 2.22. The molecule has 4 aromatic rings. The van der Waals surface area contributed by atoms with Crippen LogP contribution in [-0.2, 0) is 9.53 Å². The van der Waals surface area contributed by atoms with Crippen LogP contribution in [0.15, 0.2) is 72.8 Å². The molecule has 2 N–H and O–H groups in total. The van der Waals surface area contributed by atoms with Crippen molar-refractivity contribution in [3.8, 4) is 11.5 Å². The second-order valence-corrected chi connectivity index (χ2v) is 7.76. The number of aromatic nitrogens is 1. The first-order chi connectivity index (χ1) is 16.9. The van der Waals surface area contributed by atoms with Crippen molar-refractivity contribution in [1.29, 1.82) is 0 Å². The molecule has 35 heavy (non-hydrogen) atoms. The van der Waals surface area contributed by atoms with Crippen molar-refractivity contribution in [2.45, 2.75) is 6.92 Å². The van der Waals surface area contributed by atoms with Crippen LogP contribution in [0.5, 0.6) is 11.5 Å². The number of para-hydroxylation sites is 1. The third-order valence-corrected chi connectivity index (χ3v) is 5.32. The van der Waals surface area contributed by atoms with Crippen molar-refractivity contribution >= 4 is 34.3 Å². The minimum absolute atomic E-state index is 0.209. The van der Waals surface area contributed by atoms with Gasteiger partial charge in [-0.2, -0.15) is 0 Å². The highest BCUT2D eigenvalue weighted by molar-refractivity contribution is 6.10. The Hall–Kier alpha value is -4.59. The molecule has 0 aliphatic carbocycles. The Morgan fingerprint density at radius 1 is 0.886 bits per heavy atom. The van der Waals surface area contributed by atoms with E-state index in [1.54, 1.807) is 43.5 Å². The van der Waals surface area contributed by atoms with Crippen molar-refractivity contribution in [2.24, 2.45) is 0 Å². The molecule has 0 bridgehead atoms. The first-order valence-electron chi connectivity index (χ1n) is 10.9. The summed E-state index contributed by atoms with van der Waals surface area (Å²) in [6.45, 7) is 1.23. The zero-order valence-corrected chi connectivity index (χ0v) is 19.3. The molecule has 0 saturated heterocycles. The fourth-order valence-corrected chi connectivity index (χ4v) is 3.66. The molecule has 8 heteroatoms. The molecular weight excluding hydrogens is 448 g/mol. The number of aromatic amines is 1. The number of rotatable bonds is 9. The molecular formula is C27H24N2O6. The summed E-state index contributed by atoms with van der Waals surface area (Å²) in [4.78, 5) is 40.4. The van der Waals surface area contributed by atoms with Crippen molar-refractivity contribution in [1.82, 2.24) is 4.98 Å². The lowest BCUT2D eigenvalue weighted by atomic mass is 10.1. The topological polar surface area (TPSA) is 107 Å². The number of carbonyl (C=O) groups excluding carboxylic acids is 3. The Balaban J connectivity index is 1.28. The Bertz CT molecular complexity index is 1370. The zero-order valence-electron chi connectivity index (χ0n) is 19.3. The van der Waals surface area contributed by atoms with E-state index in [9.17, 15) is 14.4 Å². The van der Waals surface area contributed by atoms with Gasteiger partial charge in [-0.3, -0.25) is 9.59 Å². The number of anilines is 1. The largest absolute Gasteiger partial charge is 0.497 e. The lowest BCUT2D eigenvalue weighted by molar-refractivity contribution is -0.118. The Morgan fingerprint density at radius 3 is 2.43 bits per heavy atom. The molecule has 178 valence electrons. The molecule has 3 aromatic carbocycles. The van der Waals surface area contributed by atoms with Gasteiger partial charge in [-0.1, -0.05) is 24.3 Å². The molecule has 0 aliphatic rings. The quantitative estimate of drug-likeness (QED) is 0.274. The van der Waals surface area contributed by atoms with Crippen LogP contribution in [0.1, 0.15) is 26.4 Å². The van der Waals surface area contributed by atoms with Crippen molar-refractivity contribution in [3.63, 3.8) is 0 Å². The number of benzene rings is 3. The van der Waals surface area contributed by atoms with E-state index in [-0.39, 0.29) is 30.5 Å². The number of H-pyrrole nitrogens is 1. The monoisotopic (exact) mass is 472 g/mol. The summed E-state index contributed by atoms with van der Waals surface area (Å²) in [6.07, 6.45) is 0. The molecule has 0 aliphatic heterocycles. The van der Waals surface area contributed by atoms with Crippen LogP contribution in [0.25, 0.3) is 10.9 Å². The maximum Gasteiger partial charge on any atom is 0.338 e. The minimum Gasteiger partial charge on any atom is -0.497 e. The van der Waals surface area contributed by atoms with Gasteiger partial charge < -0.3 is 24.5 Å². The molecule has 0 radical (unpaired) electrons. The molecule has 4 rings (SSSR count). The molecule has 0 saturated carbocycles. The number of fused-ring (bicyclic) bond motifs is 1. The third kappa shape index (κ3) is 5.67. The van der Waals surface area contributed by atoms with Gasteiger partial charge in [-0.25, -0.2) is 4.79 Å². The second-order valence-electron chi connectivity index (χ2n) is 7.76. The lowest BCUT2D eigenvalue weighted by Gasteiger charge is -2.09. The van der Waals surface area contributed by atoms with Gasteiger partial charge in [0.05, 0.1) is 12.7 Å². The predicted octanol–water partition coefficient (Wildman–Crippen LogP) is 4.54. The smallest absolute Gasteiger partial charge is 0.338 e. The summed E-state index contributed by atoms with van der Waals surface area (Å²) >= 11 is 0. The Morgan fingerprint density at radius 2 is 1.66 bits per heavy atom. The molecule has 0 spiro atoms. The lowest BCUT2D eigenvalue weighted by Crippen LogP contribution is -2.20. The SMILES string of the molecule is COc1cccc(NC(=O)COc2ccc(C(=O)OCC(=O)c3c(C)[nH]c4ccccc34)cc2)c1. The molecule has 0 fully saturated rings. The number of amides is 1. The fourth-order valence-electron chi connectivity index (χ4n) is 3.66. The number of carbonyl (C=O) groups is 3. The zero-order chi connectivity index (χ0) is 24.8. The van der Waals surface area contributed by atoms with Crippen molar-refractivity contribution in [2.75, 3.05) is 25.6 Å². The third-order valence-electron chi connectivity index (χ3n) is 5.32. The standard InChI is InChI=1S/C27H24N2O6/c1-17-26(22-8-3-4-9-23(22)28-17)24(30)15-35-27(32)18-10-12-20(13-11-18)34-16-25(31)29-19-6-5-7-21(14-19)33-2/h3-14,28H,15-16H2,1-2H3,(H,29,31). The number of aryl methyl sites for hydroxylation is 1. The van der Waals surface area contributed by atoms with Gasteiger partial charge in [0, 0.05) is 33.9 Å². The number of nitrogens with one attached hydrogen (secondary N) is 2. The van der Waals surface area contributed by atoms with Gasteiger partial charge in [0.15, 0.2) is 13.2 Å². The van der Waals surface area contributed by atoms with Gasteiger partial charge >= 0.3 is 5.97 Å². The number of ketones is 1. The van der Waals surface area contributed by atoms with E-state index < -0.39 is 5.97 Å². The summed E-state index contributed by atoms with van der Waals surface area (Å²) in [5.41, 5.74) is 2.95. The van der Waals surface area contributed by atoms with Crippen LogP contribution in [0.3, 0.4) is 0 Å². The highest BCUT2D eigenvalue weighted by atomic mass is 16.5. The van der Waals surface area contributed by atoms with E-state index in [4.69, 9.17) is 14.2 Å². The number of ether oxygens (including phenoxy) is 3. The molecule has 1 aromatic heterocycles. The first kappa shape index (κ1) is 23.6. The van der Waals surface area contributed by atoms with Gasteiger partial charge in [0.25, 0.3) is 5.91 Å². The van der Waals surface area contributed by atoms with Gasteiger partial charge in [-0.15, -0.1) is 0 Å². The predicted molar refractivity (Wildman–Crippen MR) is 131 cm³/mol. The normalized spacial score (nSPS) is 10.6. The highest BCUT2D eigenvalue weighted by Gasteiger charge is 2.18. The number of esters is 1. The molecule has 1 amide bonds. The summed E-state index contributed by atoms with van der Waals surface area (Å²) in [6, 6.07) is 20.6. The molecule has 1 heterocycles. The van der Waals surface area contributed by atoms with Crippen LogP contribution in [-0.4, -0.2) is 43.0 Å². The number of Topliss-reactive ketones (excluding diaryl/α,β-unsaturated/α-hetero) is 1. The summed E-state index contributed by atoms with van der Waals surface area (Å²) in [5, 5.41) is 3.51. The van der Waals surface area contributed by atoms with Crippen molar-refractivity contribution < 1.29 is 28.6 Å². The Labute approximate surface area is 201 Å². The molecule has 0 unspecified atom stereocenters. The average Bonchev–Trinajstić information content (AvgIpc) is 3.22. The van der Waals surface area contributed by atoms with Crippen LogP contribution < -0.4 is 14.8 Å². The summed E-state index contributed by atoms with van der Waals surface area (Å²) < 4.78 is 15.8. The number of hydrogen-bond acceptors (Lipinski definition) is 6.